The summed E-state index contributed by atoms with van der Waals surface area (Å²) in [6, 6.07) is 6.19. The Bertz CT molecular complexity index is 554. The summed E-state index contributed by atoms with van der Waals surface area (Å²) < 4.78 is 0. The third kappa shape index (κ3) is 6.99. The molecule has 4 nitrogen and oxygen atoms in total. The lowest BCUT2D eigenvalue weighted by Crippen LogP contribution is -2.12. The first-order valence-electron chi connectivity index (χ1n) is 8.39. The predicted octanol–water partition coefficient (Wildman–Crippen LogP) is 4.06. The number of Topliss-reactive ketones (excluding diaryl/α,β-unsaturated/α-hetero) is 4. The van der Waals surface area contributed by atoms with Crippen LogP contribution in [0.1, 0.15) is 74.1 Å². The molecule has 0 radical (unpaired) electrons. The van der Waals surface area contributed by atoms with Crippen molar-refractivity contribution in [1.29, 1.82) is 0 Å². The summed E-state index contributed by atoms with van der Waals surface area (Å²) in [5.41, 5.74) is 0.828. The van der Waals surface area contributed by atoms with E-state index in [4.69, 9.17) is 0 Å². The van der Waals surface area contributed by atoms with Gasteiger partial charge in [-0.25, -0.2) is 0 Å². The minimum absolute atomic E-state index is 0.0746. The van der Waals surface area contributed by atoms with Gasteiger partial charge in [0.25, 0.3) is 0 Å². The molecule has 0 spiro atoms. The number of hydrogen-bond acceptors (Lipinski definition) is 4. The molecule has 4 heteroatoms. The number of carbonyl (C=O) groups excluding carboxylic acids is 4. The van der Waals surface area contributed by atoms with Crippen LogP contribution in [-0.2, 0) is 9.59 Å². The van der Waals surface area contributed by atoms with Crippen LogP contribution >= 0.6 is 0 Å². The van der Waals surface area contributed by atoms with Crippen molar-refractivity contribution < 1.29 is 19.2 Å². The molecule has 0 N–H and O–H groups in total. The summed E-state index contributed by atoms with van der Waals surface area (Å²) in [5, 5.41) is 0. The summed E-state index contributed by atoms with van der Waals surface area (Å²) >= 11 is 0. The van der Waals surface area contributed by atoms with Gasteiger partial charge in [-0.3, -0.25) is 19.2 Å². The van der Waals surface area contributed by atoms with Crippen LogP contribution in [0.3, 0.4) is 0 Å². The Hall–Kier alpha value is -2.10. The Morgan fingerprint density at radius 3 is 1.21 bits per heavy atom. The zero-order chi connectivity index (χ0) is 18.3. The smallest absolute Gasteiger partial charge is 0.170 e. The highest BCUT2D eigenvalue weighted by molar-refractivity contribution is 6.10. The largest absolute Gasteiger partial charge is 0.299 e. The molecule has 0 fully saturated rings. The van der Waals surface area contributed by atoms with Crippen LogP contribution in [0.2, 0.25) is 0 Å². The molecule has 0 saturated heterocycles. The highest BCUT2D eigenvalue weighted by Gasteiger charge is 2.16. The number of carbonyl (C=O) groups is 4. The van der Waals surface area contributed by atoms with Gasteiger partial charge in [-0.2, -0.15) is 0 Å². The summed E-state index contributed by atoms with van der Waals surface area (Å²) in [6.45, 7) is 7.74. The first-order valence-corrected chi connectivity index (χ1v) is 8.39. The molecule has 0 atom stereocenters. The van der Waals surface area contributed by atoms with E-state index in [2.05, 4.69) is 0 Å². The molecule has 1 aromatic rings. The zero-order valence-electron chi connectivity index (χ0n) is 14.9. The maximum atomic E-state index is 12.1. The summed E-state index contributed by atoms with van der Waals surface area (Å²) in [5.74, 6) is -0.169. The molecular weight excluding hydrogens is 304 g/mol. The number of hydrogen-bond donors (Lipinski definition) is 0. The van der Waals surface area contributed by atoms with Crippen molar-refractivity contribution in [2.24, 2.45) is 11.8 Å². The monoisotopic (exact) mass is 330 g/mol. The number of ketones is 4. The molecule has 0 bridgehead atoms. The Morgan fingerprint density at radius 1 is 0.667 bits per heavy atom. The van der Waals surface area contributed by atoms with E-state index in [-0.39, 0.29) is 47.8 Å². The van der Waals surface area contributed by atoms with Gasteiger partial charge in [-0.1, -0.05) is 52.0 Å². The van der Waals surface area contributed by atoms with E-state index in [1.807, 2.05) is 27.7 Å². The molecular formula is C20H26O4. The molecule has 130 valence electrons. The fraction of sp³-hybridized carbons (Fsp3) is 0.500. The first-order chi connectivity index (χ1) is 11.2. The normalized spacial score (nSPS) is 10.9. The van der Waals surface area contributed by atoms with Crippen molar-refractivity contribution in [3.05, 3.63) is 35.4 Å². The van der Waals surface area contributed by atoms with Gasteiger partial charge in [0.05, 0.1) is 12.8 Å². The summed E-state index contributed by atoms with van der Waals surface area (Å²) in [4.78, 5) is 47.5. The van der Waals surface area contributed by atoms with E-state index in [9.17, 15) is 19.2 Å². The Kier molecular flexibility index (Phi) is 7.69. The van der Waals surface area contributed by atoms with E-state index in [1.54, 1.807) is 24.3 Å². The molecule has 0 aromatic heterocycles. The second kappa shape index (κ2) is 9.26. The van der Waals surface area contributed by atoms with Gasteiger partial charge < -0.3 is 0 Å². The van der Waals surface area contributed by atoms with E-state index < -0.39 is 0 Å². The third-order valence-electron chi connectivity index (χ3n) is 3.52. The number of benzene rings is 1. The van der Waals surface area contributed by atoms with Gasteiger partial charge in [-0.15, -0.1) is 0 Å². The molecule has 0 unspecified atom stereocenters. The van der Waals surface area contributed by atoms with Crippen LogP contribution < -0.4 is 0 Å². The Labute approximate surface area is 143 Å². The Balaban J connectivity index is 2.65. The fourth-order valence-electron chi connectivity index (χ4n) is 2.46. The molecule has 0 aliphatic carbocycles. The van der Waals surface area contributed by atoms with Gasteiger partial charge >= 0.3 is 0 Å². The standard InChI is InChI=1S/C20H26O4/c1-13(2)9-17(21)11-19(23)15-5-7-16(8-6-15)20(24)12-18(22)10-14(3)4/h5-8,13-14H,9-12H2,1-4H3. The summed E-state index contributed by atoms with van der Waals surface area (Å²) in [6.07, 6.45) is 0.553. The fourth-order valence-corrected chi connectivity index (χ4v) is 2.46. The van der Waals surface area contributed by atoms with Crippen molar-refractivity contribution in [1.82, 2.24) is 0 Å². The predicted molar refractivity (Wildman–Crippen MR) is 93.3 cm³/mol. The highest BCUT2D eigenvalue weighted by Crippen LogP contribution is 2.12. The van der Waals surface area contributed by atoms with E-state index in [0.717, 1.165) is 0 Å². The Morgan fingerprint density at radius 2 is 0.958 bits per heavy atom. The SMILES string of the molecule is CC(C)CC(=O)CC(=O)c1ccc(C(=O)CC(=O)CC(C)C)cc1. The molecule has 0 aliphatic rings. The second-order valence-electron chi connectivity index (χ2n) is 7.05. The molecule has 0 amide bonds. The van der Waals surface area contributed by atoms with E-state index in [1.165, 1.54) is 0 Å². The minimum Gasteiger partial charge on any atom is -0.299 e. The molecule has 0 heterocycles. The van der Waals surface area contributed by atoms with Crippen LogP contribution in [0.5, 0.6) is 0 Å². The van der Waals surface area contributed by atoms with Crippen LogP contribution in [0, 0.1) is 11.8 Å². The molecule has 1 aromatic carbocycles. The lowest BCUT2D eigenvalue weighted by atomic mass is 9.97. The molecule has 0 saturated carbocycles. The quantitative estimate of drug-likeness (QED) is 0.479. The molecule has 0 aliphatic heterocycles. The van der Waals surface area contributed by atoms with Crippen molar-refractivity contribution in [3.63, 3.8) is 0 Å². The van der Waals surface area contributed by atoms with Gasteiger partial charge in [0.15, 0.2) is 11.6 Å². The average Bonchev–Trinajstić information content (AvgIpc) is 2.45. The van der Waals surface area contributed by atoms with E-state index >= 15 is 0 Å². The van der Waals surface area contributed by atoms with Crippen LogP contribution in [0.25, 0.3) is 0 Å². The van der Waals surface area contributed by atoms with Crippen LogP contribution in [0.15, 0.2) is 24.3 Å². The van der Waals surface area contributed by atoms with Gasteiger partial charge in [0.1, 0.15) is 11.6 Å². The topological polar surface area (TPSA) is 68.3 Å². The minimum atomic E-state index is -0.240. The van der Waals surface area contributed by atoms with Crippen LogP contribution in [0.4, 0.5) is 0 Å². The van der Waals surface area contributed by atoms with Crippen molar-refractivity contribution >= 4 is 23.1 Å². The van der Waals surface area contributed by atoms with Crippen molar-refractivity contribution in [2.45, 2.75) is 53.4 Å². The van der Waals surface area contributed by atoms with Gasteiger partial charge in [0.2, 0.25) is 0 Å². The second-order valence-corrected chi connectivity index (χ2v) is 7.05. The zero-order valence-corrected chi connectivity index (χ0v) is 14.9. The first kappa shape index (κ1) is 19.9. The number of rotatable bonds is 10. The lowest BCUT2D eigenvalue weighted by Gasteiger charge is -2.06. The van der Waals surface area contributed by atoms with Gasteiger partial charge in [0, 0.05) is 24.0 Å². The molecule has 1 rings (SSSR count). The molecule has 24 heavy (non-hydrogen) atoms. The summed E-state index contributed by atoms with van der Waals surface area (Å²) in [7, 11) is 0. The highest BCUT2D eigenvalue weighted by atomic mass is 16.2. The van der Waals surface area contributed by atoms with Gasteiger partial charge in [-0.05, 0) is 11.8 Å². The lowest BCUT2D eigenvalue weighted by molar-refractivity contribution is -0.119. The van der Waals surface area contributed by atoms with Crippen LogP contribution in [-0.4, -0.2) is 23.1 Å². The third-order valence-corrected chi connectivity index (χ3v) is 3.52. The van der Waals surface area contributed by atoms with E-state index in [0.29, 0.717) is 24.0 Å². The maximum Gasteiger partial charge on any atom is 0.170 e. The maximum absolute atomic E-state index is 12.1. The average molecular weight is 330 g/mol. The van der Waals surface area contributed by atoms with Crippen molar-refractivity contribution in [2.75, 3.05) is 0 Å². The van der Waals surface area contributed by atoms with Crippen molar-refractivity contribution in [3.8, 4) is 0 Å².